The van der Waals surface area contributed by atoms with Crippen molar-refractivity contribution >= 4 is 21.7 Å². The van der Waals surface area contributed by atoms with Crippen LogP contribution in [0.5, 0.6) is 0 Å². The van der Waals surface area contributed by atoms with Crippen molar-refractivity contribution in [3.8, 4) is 0 Å². The van der Waals surface area contributed by atoms with Gasteiger partial charge in [0.2, 0.25) is 15.9 Å². The van der Waals surface area contributed by atoms with Gasteiger partial charge in [-0.25, -0.2) is 8.42 Å². The minimum Gasteiger partial charge on any atom is -0.338 e. The Morgan fingerprint density at radius 2 is 1.69 bits per heavy atom. The lowest BCUT2D eigenvalue weighted by Gasteiger charge is -2.57. The predicted octanol–water partition coefficient (Wildman–Crippen LogP) is 4.81. The molecule has 7 heteroatoms. The molecule has 1 aliphatic carbocycles. The van der Waals surface area contributed by atoms with Gasteiger partial charge in [-0.3, -0.25) is 9.59 Å². The molecular formula is C29H38N2O4S. The second-order valence-corrected chi connectivity index (χ2v) is 12.5. The Labute approximate surface area is 215 Å². The van der Waals surface area contributed by atoms with Gasteiger partial charge in [-0.05, 0) is 69.6 Å². The molecule has 0 N–H and O–H groups in total. The highest BCUT2D eigenvalue weighted by Crippen LogP contribution is 2.52. The number of nitrogens with zero attached hydrogens (tertiary/aromatic N) is 2. The Kier molecular flexibility index (Phi) is 8.00. The van der Waals surface area contributed by atoms with E-state index in [0.29, 0.717) is 25.1 Å². The SMILES string of the molecule is C=CCCCCCCN1CC2(CCC=C)CN(S(=O)(=O)c3ccc(C)cc3)[C@H]3C[C@@H]2C(=CC3=O)C1=O. The van der Waals surface area contributed by atoms with E-state index in [1.54, 1.807) is 24.3 Å². The minimum absolute atomic E-state index is 0.0537. The lowest BCUT2D eigenvalue weighted by atomic mass is 9.59. The lowest BCUT2D eigenvalue weighted by Crippen LogP contribution is -2.66. The number of hydrogen-bond donors (Lipinski definition) is 0. The Balaban J connectivity index is 1.65. The van der Waals surface area contributed by atoms with Gasteiger partial charge in [0.15, 0.2) is 5.78 Å². The fourth-order valence-electron chi connectivity index (χ4n) is 6.14. The summed E-state index contributed by atoms with van der Waals surface area (Å²) < 4.78 is 29.0. The number of piperidine rings is 2. The van der Waals surface area contributed by atoms with E-state index in [2.05, 4.69) is 13.2 Å². The summed E-state index contributed by atoms with van der Waals surface area (Å²) in [6, 6.07) is 6.04. The molecule has 6 nitrogen and oxygen atoms in total. The number of sulfonamides is 1. The Morgan fingerprint density at radius 1 is 1.00 bits per heavy atom. The van der Waals surface area contributed by atoms with Crippen LogP contribution in [-0.4, -0.2) is 55.0 Å². The molecule has 0 spiro atoms. The highest BCUT2D eigenvalue weighted by atomic mass is 32.2. The van der Waals surface area contributed by atoms with E-state index in [9.17, 15) is 18.0 Å². The van der Waals surface area contributed by atoms with Gasteiger partial charge in [-0.15, -0.1) is 13.2 Å². The molecule has 0 radical (unpaired) electrons. The number of carbonyl (C=O) groups is 2. The number of allylic oxidation sites excluding steroid dienone is 2. The summed E-state index contributed by atoms with van der Waals surface area (Å²) in [4.78, 5) is 28.7. The summed E-state index contributed by atoms with van der Waals surface area (Å²) in [6.07, 6.45) is 12.1. The van der Waals surface area contributed by atoms with Crippen molar-refractivity contribution in [2.45, 2.75) is 69.2 Å². The van der Waals surface area contributed by atoms with E-state index in [-0.39, 0.29) is 29.0 Å². The van der Waals surface area contributed by atoms with Crippen LogP contribution in [0.15, 0.2) is 66.1 Å². The third-order valence-corrected chi connectivity index (χ3v) is 9.99. The van der Waals surface area contributed by atoms with Crippen LogP contribution in [0.4, 0.5) is 0 Å². The van der Waals surface area contributed by atoms with Gasteiger partial charge < -0.3 is 4.90 Å². The van der Waals surface area contributed by atoms with Crippen LogP contribution in [0, 0.1) is 18.3 Å². The summed E-state index contributed by atoms with van der Waals surface area (Å²) in [5.74, 6) is -0.447. The zero-order valence-corrected chi connectivity index (χ0v) is 22.1. The van der Waals surface area contributed by atoms with Crippen molar-refractivity contribution < 1.29 is 18.0 Å². The molecule has 0 aromatic heterocycles. The average Bonchev–Trinajstić information content (AvgIpc) is 2.86. The Hall–Kier alpha value is -2.51. The highest BCUT2D eigenvalue weighted by Gasteiger charge is 2.58. The van der Waals surface area contributed by atoms with Crippen LogP contribution in [0.1, 0.15) is 56.9 Å². The first kappa shape index (κ1) is 26.6. The van der Waals surface area contributed by atoms with Crippen LogP contribution in [0.3, 0.4) is 0 Å². The summed E-state index contributed by atoms with van der Waals surface area (Å²) >= 11 is 0. The van der Waals surface area contributed by atoms with Crippen molar-refractivity contribution in [2.24, 2.45) is 11.3 Å². The van der Waals surface area contributed by atoms with E-state index in [4.69, 9.17) is 0 Å². The third kappa shape index (κ3) is 5.00. The number of amides is 1. The molecule has 3 atom stereocenters. The number of hydrogen-bond acceptors (Lipinski definition) is 4. The van der Waals surface area contributed by atoms with Gasteiger partial charge >= 0.3 is 0 Å². The Bertz CT molecular complexity index is 1150. The zero-order chi connectivity index (χ0) is 25.9. The van der Waals surface area contributed by atoms with Crippen molar-refractivity contribution in [3.63, 3.8) is 0 Å². The molecule has 2 bridgehead atoms. The normalized spacial score (nSPS) is 26.0. The molecule has 36 heavy (non-hydrogen) atoms. The summed E-state index contributed by atoms with van der Waals surface area (Å²) in [6.45, 7) is 10.9. The summed E-state index contributed by atoms with van der Waals surface area (Å²) in [7, 11) is -3.88. The number of aryl methyl sites for hydroxylation is 1. The fourth-order valence-corrected chi connectivity index (χ4v) is 7.84. The molecule has 2 fully saturated rings. The minimum atomic E-state index is -3.88. The van der Waals surface area contributed by atoms with Crippen LogP contribution in [0.25, 0.3) is 0 Å². The molecule has 4 rings (SSSR count). The molecule has 0 saturated carbocycles. The van der Waals surface area contributed by atoms with E-state index in [1.165, 1.54) is 10.4 Å². The largest absolute Gasteiger partial charge is 0.338 e. The predicted molar refractivity (Wildman–Crippen MR) is 142 cm³/mol. The molecule has 3 aliphatic rings. The van der Waals surface area contributed by atoms with Crippen LogP contribution in [0.2, 0.25) is 0 Å². The van der Waals surface area contributed by atoms with Gasteiger partial charge in [0, 0.05) is 30.6 Å². The van der Waals surface area contributed by atoms with Gasteiger partial charge in [0.25, 0.3) is 0 Å². The van der Waals surface area contributed by atoms with Crippen LogP contribution in [-0.2, 0) is 19.6 Å². The third-order valence-electron chi connectivity index (χ3n) is 8.12. The molecular weight excluding hydrogens is 472 g/mol. The van der Waals surface area contributed by atoms with Crippen LogP contribution < -0.4 is 0 Å². The number of benzene rings is 1. The van der Waals surface area contributed by atoms with E-state index >= 15 is 0 Å². The molecule has 2 heterocycles. The smallest absolute Gasteiger partial charge is 0.250 e. The zero-order valence-electron chi connectivity index (χ0n) is 21.3. The van der Waals surface area contributed by atoms with Crippen LogP contribution >= 0.6 is 0 Å². The maximum Gasteiger partial charge on any atom is 0.250 e. The van der Waals surface area contributed by atoms with Crippen molar-refractivity contribution in [2.75, 3.05) is 19.6 Å². The number of carbonyl (C=O) groups excluding carboxylic acids is 2. The molecule has 1 unspecified atom stereocenters. The molecule has 1 aromatic rings. The standard InChI is InChI=1S/C29H38N2O4S/c1-4-6-8-9-10-11-17-30-20-29(16-7-5-2)21-31(36(34,35)23-14-12-22(3)13-15-23)26-19-25(29)24(28(30)33)18-27(26)32/h4-5,12-15,18,25-26H,1-2,6-11,16-17,19-21H2,3H3/t25-,26+,29?/m1/s1. The molecule has 2 saturated heterocycles. The number of fused-ring (bicyclic) bond motifs is 1. The monoisotopic (exact) mass is 510 g/mol. The molecule has 194 valence electrons. The second kappa shape index (κ2) is 10.9. The summed E-state index contributed by atoms with van der Waals surface area (Å²) in [5.41, 5.74) is 1.11. The highest BCUT2D eigenvalue weighted by molar-refractivity contribution is 7.89. The topological polar surface area (TPSA) is 74.8 Å². The van der Waals surface area contributed by atoms with E-state index in [1.807, 2.05) is 24.0 Å². The van der Waals surface area contributed by atoms with E-state index < -0.39 is 21.5 Å². The van der Waals surface area contributed by atoms with Crippen molar-refractivity contribution in [1.82, 2.24) is 9.21 Å². The lowest BCUT2D eigenvalue weighted by molar-refractivity contribution is -0.141. The number of likely N-dealkylation sites (tertiary alicyclic amines) is 1. The average molecular weight is 511 g/mol. The maximum atomic E-state index is 13.8. The van der Waals surface area contributed by atoms with Crippen molar-refractivity contribution in [1.29, 1.82) is 0 Å². The van der Waals surface area contributed by atoms with Crippen molar-refractivity contribution in [3.05, 3.63) is 66.8 Å². The number of unbranched alkanes of at least 4 members (excludes halogenated alkanes) is 4. The first-order valence-electron chi connectivity index (χ1n) is 13.1. The van der Waals surface area contributed by atoms with E-state index in [0.717, 1.165) is 50.5 Å². The van der Waals surface area contributed by atoms with Gasteiger partial charge in [0.05, 0.1) is 10.9 Å². The quantitative estimate of drug-likeness (QED) is 0.299. The van der Waals surface area contributed by atoms with Gasteiger partial charge in [-0.2, -0.15) is 4.31 Å². The van der Waals surface area contributed by atoms with Gasteiger partial charge in [-0.1, -0.05) is 42.7 Å². The maximum absolute atomic E-state index is 13.8. The number of rotatable bonds is 12. The molecule has 1 aromatic carbocycles. The van der Waals surface area contributed by atoms with Gasteiger partial charge in [0.1, 0.15) is 0 Å². The second-order valence-electron chi connectivity index (χ2n) is 10.6. The molecule has 2 aliphatic heterocycles. The first-order valence-corrected chi connectivity index (χ1v) is 14.5. The first-order chi connectivity index (χ1) is 17.2. The number of ketones is 1. The molecule has 1 amide bonds. The Morgan fingerprint density at radius 3 is 2.39 bits per heavy atom. The summed E-state index contributed by atoms with van der Waals surface area (Å²) in [5, 5.41) is 0. The fraction of sp³-hybridized carbons (Fsp3) is 0.517.